The van der Waals surface area contributed by atoms with Crippen molar-refractivity contribution in [2.75, 3.05) is 6.54 Å². The number of rotatable bonds is 5. The van der Waals surface area contributed by atoms with Crippen LogP contribution >= 0.6 is 0 Å². The highest BCUT2D eigenvalue weighted by molar-refractivity contribution is 5.36. The van der Waals surface area contributed by atoms with Crippen LogP contribution in [-0.2, 0) is 6.42 Å². The van der Waals surface area contributed by atoms with Crippen LogP contribution in [0.5, 0.6) is 5.75 Å². The van der Waals surface area contributed by atoms with E-state index >= 15 is 0 Å². The van der Waals surface area contributed by atoms with Crippen LogP contribution in [0, 0.1) is 11.6 Å². The molecule has 0 saturated carbocycles. The fourth-order valence-electron chi connectivity index (χ4n) is 1.46. The van der Waals surface area contributed by atoms with Crippen molar-refractivity contribution >= 4 is 0 Å². The van der Waals surface area contributed by atoms with Crippen molar-refractivity contribution in [2.24, 2.45) is 5.73 Å². The maximum Gasteiger partial charge on any atom is 0.168 e. The number of nitrogens with two attached hydrogens (primary N) is 1. The molecule has 0 aromatic heterocycles. The number of hydrogen-bond acceptors (Lipinski definition) is 2. The second-order valence-corrected chi connectivity index (χ2v) is 3.93. The predicted molar refractivity (Wildman–Crippen MR) is 59.5 cm³/mol. The Hall–Kier alpha value is -1.16. The first-order valence-corrected chi connectivity index (χ1v) is 5.39. The summed E-state index contributed by atoms with van der Waals surface area (Å²) < 4.78 is 31.9. The number of hydrogen-bond donors (Lipinski definition) is 1. The SMILES string of the molecule is CC(C)Oc1c(F)cc(F)cc1CCCN. The lowest BCUT2D eigenvalue weighted by Gasteiger charge is -2.15. The van der Waals surface area contributed by atoms with E-state index in [1.807, 2.05) is 0 Å². The first-order valence-electron chi connectivity index (χ1n) is 5.39. The Balaban J connectivity index is 3.00. The largest absolute Gasteiger partial charge is 0.488 e. The lowest BCUT2D eigenvalue weighted by atomic mass is 10.1. The van der Waals surface area contributed by atoms with Crippen LogP contribution in [0.25, 0.3) is 0 Å². The van der Waals surface area contributed by atoms with E-state index in [9.17, 15) is 8.78 Å². The van der Waals surface area contributed by atoms with Gasteiger partial charge in [0.15, 0.2) is 11.6 Å². The molecule has 0 atom stereocenters. The lowest BCUT2D eigenvalue weighted by Crippen LogP contribution is -2.10. The number of ether oxygens (including phenoxy) is 1. The summed E-state index contributed by atoms with van der Waals surface area (Å²) in [6.45, 7) is 4.09. The topological polar surface area (TPSA) is 35.2 Å². The zero-order chi connectivity index (χ0) is 12.1. The average molecular weight is 229 g/mol. The molecule has 16 heavy (non-hydrogen) atoms. The van der Waals surface area contributed by atoms with E-state index < -0.39 is 11.6 Å². The van der Waals surface area contributed by atoms with Crippen LogP contribution in [0.4, 0.5) is 8.78 Å². The minimum atomic E-state index is -0.652. The van der Waals surface area contributed by atoms with Gasteiger partial charge in [0.2, 0.25) is 0 Å². The molecule has 2 N–H and O–H groups in total. The molecular weight excluding hydrogens is 212 g/mol. The fraction of sp³-hybridized carbons (Fsp3) is 0.500. The molecule has 0 bridgehead atoms. The summed E-state index contributed by atoms with van der Waals surface area (Å²) in [7, 11) is 0. The van der Waals surface area contributed by atoms with Crippen molar-refractivity contribution in [1.82, 2.24) is 0 Å². The molecule has 1 aromatic carbocycles. The Kier molecular flexibility index (Phi) is 4.68. The molecule has 0 saturated heterocycles. The average Bonchev–Trinajstić information content (AvgIpc) is 2.19. The van der Waals surface area contributed by atoms with E-state index in [2.05, 4.69) is 0 Å². The molecule has 0 amide bonds. The van der Waals surface area contributed by atoms with Gasteiger partial charge in [-0.3, -0.25) is 0 Å². The molecule has 90 valence electrons. The van der Waals surface area contributed by atoms with E-state index in [0.717, 1.165) is 6.07 Å². The molecule has 0 unspecified atom stereocenters. The highest BCUT2D eigenvalue weighted by Gasteiger charge is 2.13. The number of aryl methyl sites for hydroxylation is 1. The number of benzene rings is 1. The summed E-state index contributed by atoms with van der Waals surface area (Å²) in [6.07, 6.45) is 1.06. The van der Waals surface area contributed by atoms with E-state index in [1.165, 1.54) is 6.07 Å². The van der Waals surface area contributed by atoms with Crippen molar-refractivity contribution in [2.45, 2.75) is 32.8 Å². The van der Waals surface area contributed by atoms with Crippen molar-refractivity contribution in [3.05, 3.63) is 29.3 Å². The minimum absolute atomic E-state index is 0.142. The molecule has 1 aromatic rings. The van der Waals surface area contributed by atoms with Gasteiger partial charge in [0.05, 0.1) is 6.10 Å². The van der Waals surface area contributed by atoms with Gasteiger partial charge >= 0.3 is 0 Å². The summed E-state index contributed by atoms with van der Waals surface area (Å²) in [5.41, 5.74) is 5.91. The molecule has 1 rings (SSSR count). The van der Waals surface area contributed by atoms with Gasteiger partial charge in [-0.15, -0.1) is 0 Å². The van der Waals surface area contributed by atoms with E-state index in [4.69, 9.17) is 10.5 Å². The van der Waals surface area contributed by atoms with Crippen molar-refractivity contribution in [3.63, 3.8) is 0 Å². The van der Waals surface area contributed by atoms with Crippen molar-refractivity contribution < 1.29 is 13.5 Å². The third kappa shape index (κ3) is 3.45. The van der Waals surface area contributed by atoms with Gasteiger partial charge in [0.1, 0.15) is 5.82 Å². The van der Waals surface area contributed by atoms with E-state index in [0.29, 0.717) is 24.9 Å². The van der Waals surface area contributed by atoms with Gasteiger partial charge in [-0.1, -0.05) is 0 Å². The van der Waals surface area contributed by atoms with Gasteiger partial charge in [-0.2, -0.15) is 0 Å². The first kappa shape index (κ1) is 12.9. The van der Waals surface area contributed by atoms with Crippen LogP contribution in [-0.4, -0.2) is 12.6 Å². The molecule has 0 aliphatic rings. The molecule has 0 radical (unpaired) electrons. The molecule has 2 nitrogen and oxygen atoms in total. The fourth-order valence-corrected chi connectivity index (χ4v) is 1.46. The lowest BCUT2D eigenvalue weighted by molar-refractivity contribution is 0.228. The molecule has 0 aliphatic carbocycles. The van der Waals surface area contributed by atoms with Crippen molar-refractivity contribution in [3.8, 4) is 5.75 Å². The standard InChI is InChI=1S/C12H17F2NO/c1-8(2)16-12-9(4-3-5-15)6-10(13)7-11(12)14/h6-8H,3-5,15H2,1-2H3. The second-order valence-electron chi connectivity index (χ2n) is 3.93. The van der Waals surface area contributed by atoms with Gasteiger partial charge in [-0.25, -0.2) is 8.78 Å². The molecule has 0 spiro atoms. The third-order valence-corrected chi connectivity index (χ3v) is 2.09. The highest BCUT2D eigenvalue weighted by atomic mass is 19.1. The quantitative estimate of drug-likeness (QED) is 0.842. The van der Waals surface area contributed by atoms with Crippen LogP contribution in [0.1, 0.15) is 25.8 Å². The molecule has 4 heteroatoms. The van der Waals surface area contributed by atoms with Crippen LogP contribution in [0.3, 0.4) is 0 Å². The van der Waals surface area contributed by atoms with Crippen LogP contribution in [0.15, 0.2) is 12.1 Å². The second kappa shape index (κ2) is 5.80. The molecule has 0 fully saturated rings. The van der Waals surface area contributed by atoms with E-state index in [1.54, 1.807) is 13.8 Å². The van der Waals surface area contributed by atoms with Gasteiger partial charge < -0.3 is 10.5 Å². The monoisotopic (exact) mass is 229 g/mol. The third-order valence-electron chi connectivity index (χ3n) is 2.09. The van der Waals surface area contributed by atoms with Crippen LogP contribution in [0.2, 0.25) is 0 Å². The Bertz CT molecular complexity index is 353. The normalized spacial score (nSPS) is 10.9. The summed E-state index contributed by atoms with van der Waals surface area (Å²) in [6, 6.07) is 2.14. The van der Waals surface area contributed by atoms with Gasteiger partial charge in [-0.05, 0) is 39.3 Å². The smallest absolute Gasteiger partial charge is 0.168 e. The first-order chi connectivity index (χ1) is 7.54. The Morgan fingerprint density at radius 2 is 2.00 bits per heavy atom. The molecule has 0 aliphatic heterocycles. The summed E-state index contributed by atoms with van der Waals surface area (Å²) in [5, 5.41) is 0. The van der Waals surface area contributed by atoms with Crippen LogP contribution < -0.4 is 10.5 Å². The number of halogens is 2. The zero-order valence-electron chi connectivity index (χ0n) is 9.59. The van der Waals surface area contributed by atoms with Gasteiger partial charge in [0.25, 0.3) is 0 Å². The molecular formula is C12H17F2NO. The molecule has 0 heterocycles. The summed E-state index contributed by atoms with van der Waals surface area (Å²) >= 11 is 0. The minimum Gasteiger partial charge on any atom is -0.488 e. The zero-order valence-corrected chi connectivity index (χ0v) is 9.59. The van der Waals surface area contributed by atoms with E-state index in [-0.39, 0.29) is 11.9 Å². The maximum absolute atomic E-state index is 13.5. The van der Waals surface area contributed by atoms with Crippen molar-refractivity contribution in [1.29, 1.82) is 0 Å². The Morgan fingerprint density at radius 3 is 2.56 bits per heavy atom. The predicted octanol–water partition coefficient (Wildman–Crippen LogP) is 2.64. The Labute approximate surface area is 94.4 Å². The highest BCUT2D eigenvalue weighted by Crippen LogP contribution is 2.26. The maximum atomic E-state index is 13.5. The Morgan fingerprint density at radius 1 is 1.31 bits per heavy atom. The summed E-state index contributed by atoms with van der Waals surface area (Å²) in [5.74, 6) is -1.09. The van der Waals surface area contributed by atoms with Gasteiger partial charge in [0, 0.05) is 11.6 Å². The summed E-state index contributed by atoms with van der Waals surface area (Å²) in [4.78, 5) is 0.